The Morgan fingerprint density at radius 2 is 2.10 bits per heavy atom. The second-order valence-electron chi connectivity index (χ2n) is 4.65. The first-order valence-electron chi connectivity index (χ1n) is 6.66. The molecule has 6 nitrogen and oxygen atoms in total. The molecule has 21 heavy (non-hydrogen) atoms. The minimum Gasteiger partial charge on any atom is -0.496 e. The molecule has 1 fully saturated rings. The zero-order chi connectivity index (χ0) is 15.3. The number of ether oxygens (including phenoxy) is 2. The maximum atomic E-state index is 12.2. The first-order valence-corrected chi connectivity index (χ1v) is 9.22. The van der Waals surface area contributed by atoms with Gasteiger partial charge in [-0.3, -0.25) is 4.90 Å². The highest BCUT2D eigenvalue weighted by Crippen LogP contribution is 2.23. The fourth-order valence-corrected chi connectivity index (χ4v) is 4.05. The van der Waals surface area contributed by atoms with Gasteiger partial charge in [-0.25, -0.2) is 13.1 Å². The van der Waals surface area contributed by atoms with Gasteiger partial charge < -0.3 is 9.47 Å². The van der Waals surface area contributed by atoms with Crippen LogP contribution in [-0.2, 0) is 14.8 Å². The number of sulfonamides is 1. The van der Waals surface area contributed by atoms with Crippen LogP contribution >= 0.6 is 22.6 Å². The van der Waals surface area contributed by atoms with Crippen molar-refractivity contribution in [1.82, 2.24) is 9.62 Å². The molecule has 0 aromatic heterocycles. The highest BCUT2D eigenvalue weighted by Gasteiger charge is 2.16. The maximum Gasteiger partial charge on any atom is 0.240 e. The molecule has 0 unspecified atom stereocenters. The van der Waals surface area contributed by atoms with Crippen molar-refractivity contribution >= 4 is 32.6 Å². The monoisotopic (exact) mass is 426 g/mol. The Kier molecular flexibility index (Phi) is 6.23. The minimum atomic E-state index is -3.48. The molecule has 1 saturated heterocycles. The lowest BCUT2D eigenvalue weighted by Crippen LogP contribution is -2.41. The van der Waals surface area contributed by atoms with Crippen LogP contribution in [0.25, 0.3) is 0 Å². The molecule has 118 valence electrons. The van der Waals surface area contributed by atoms with E-state index in [0.717, 1.165) is 16.7 Å². The van der Waals surface area contributed by atoms with Crippen molar-refractivity contribution in [3.63, 3.8) is 0 Å². The predicted molar refractivity (Wildman–Crippen MR) is 88.2 cm³/mol. The van der Waals surface area contributed by atoms with E-state index in [1.165, 1.54) is 0 Å². The molecule has 1 heterocycles. The summed E-state index contributed by atoms with van der Waals surface area (Å²) in [5.74, 6) is 0.669. The van der Waals surface area contributed by atoms with Crippen molar-refractivity contribution in [1.29, 1.82) is 0 Å². The van der Waals surface area contributed by atoms with Crippen molar-refractivity contribution in [3.05, 3.63) is 21.8 Å². The summed E-state index contributed by atoms with van der Waals surface area (Å²) in [7, 11) is -1.92. The van der Waals surface area contributed by atoms with E-state index in [9.17, 15) is 8.42 Å². The highest BCUT2D eigenvalue weighted by atomic mass is 127. The number of benzene rings is 1. The quantitative estimate of drug-likeness (QED) is 0.686. The van der Waals surface area contributed by atoms with Crippen LogP contribution in [0.2, 0.25) is 0 Å². The molecule has 1 N–H and O–H groups in total. The predicted octanol–water partition coefficient (Wildman–Crippen LogP) is 0.910. The molecule has 1 aliphatic heterocycles. The zero-order valence-corrected chi connectivity index (χ0v) is 14.8. The van der Waals surface area contributed by atoms with E-state index in [-0.39, 0.29) is 4.90 Å². The fraction of sp³-hybridized carbons (Fsp3) is 0.538. The summed E-state index contributed by atoms with van der Waals surface area (Å²) in [5.41, 5.74) is 0. The molecule has 0 spiro atoms. The molecule has 2 rings (SSSR count). The summed E-state index contributed by atoms with van der Waals surface area (Å²) >= 11 is 2.06. The largest absolute Gasteiger partial charge is 0.496 e. The lowest BCUT2D eigenvalue weighted by molar-refractivity contribution is 0.0390. The average molecular weight is 426 g/mol. The average Bonchev–Trinajstić information content (AvgIpc) is 2.48. The van der Waals surface area contributed by atoms with Crippen LogP contribution < -0.4 is 9.46 Å². The molecule has 0 atom stereocenters. The maximum absolute atomic E-state index is 12.2. The standard InChI is InChI=1S/C13H19IN2O4S/c1-19-13-3-2-11(10-12(13)14)21(17,18)15-4-5-16-6-8-20-9-7-16/h2-3,10,15H,4-9H2,1H3. The van der Waals surface area contributed by atoms with Gasteiger partial charge in [0.25, 0.3) is 0 Å². The second-order valence-corrected chi connectivity index (χ2v) is 7.58. The van der Waals surface area contributed by atoms with Gasteiger partial charge in [0.1, 0.15) is 5.75 Å². The Hall–Kier alpha value is -0.420. The van der Waals surface area contributed by atoms with Crippen molar-refractivity contribution in [3.8, 4) is 5.75 Å². The third-order valence-electron chi connectivity index (χ3n) is 3.26. The van der Waals surface area contributed by atoms with Gasteiger partial charge in [0.15, 0.2) is 0 Å². The van der Waals surface area contributed by atoms with Crippen molar-refractivity contribution in [2.45, 2.75) is 4.90 Å². The number of methoxy groups -OCH3 is 1. The number of hydrogen-bond donors (Lipinski definition) is 1. The first kappa shape index (κ1) is 16.9. The van der Waals surface area contributed by atoms with Gasteiger partial charge >= 0.3 is 0 Å². The van der Waals surface area contributed by atoms with Gasteiger partial charge in [0, 0.05) is 26.2 Å². The first-order chi connectivity index (χ1) is 10.0. The summed E-state index contributed by atoms with van der Waals surface area (Å²) in [6.07, 6.45) is 0. The SMILES string of the molecule is COc1ccc(S(=O)(=O)NCCN2CCOCC2)cc1I. The second kappa shape index (κ2) is 7.73. The number of hydrogen-bond acceptors (Lipinski definition) is 5. The van der Waals surface area contributed by atoms with E-state index in [1.54, 1.807) is 25.3 Å². The summed E-state index contributed by atoms with van der Waals surface area (Å²) in [4.78, 5) is 2.44. The Morgan fingerprint density at radius 3 is 2.71 bits per heavy atom. The fourth-order valence-electron chi connectivity index (χ4n) is 2.06. The van der Waals surface area contributed by atoms with Gasteiger partial charge in [-0.05, 0) is 40.8 Å². The van der Waals surface area contributed by atoms with Crippen LogP contribution in [0.1, 0.15) is 0 Å². The van der Waals surface area contributed by atoms with E-state index in [1.807, 2.05) is 0 Å². The van der Waals surface area contributed by atoms with Crippen molar-refractivity contribution in [2.75, 3.05) is 46.5 Å². The normalized spacial score (nSPS) is 16.9. The van der Waals surface area contributed by atoms with E-state index < -0.39 is 10.0 Å². The van der Waals surface area contributed by atoms with Gasteiger partial charge in [-0.15, -0.1) is 0 Å². The molecule has 0 amide bonds. The molecule has 0 radical (unpaired) electrons. The van der Waals surface area contributed by atoms with Crippen LogP contribution in [0.3, 0.4) is 0 Å². The summed E-state index contributed by atoms with van der Waals surface area (Å²) in [6, 6.07) is 4.83. The van der Waals surface area contributed by atoms with Gasteiger partial charge in [0.05, 0.1) is 28.8 Å². The Bertz CT molecular complexity index is 574. The number of halogens is 1. The lowest BCUT2D eigenvalue weighted by Gasteiger charge is -2.26. The van der Waals surface area contributed by atoms with Crippen molar-refractivity contribution < 1.29 is 17.9 Å². The lowest BCUT2D eigenvalue weighted by atomic mass is 10.3. The van der Waals surface area contributed by atoms with Gasteiger partial charge in [0.2, 0.25) is 10.0 Å². The molecule has 1 aromatic rings. The molecule has 0 saturated carbocycles. The Morgan fingerprint density at radius 1 is 1.38 bits per heavy atom. The number of rotatable bonds is 6. The molecule has 0 aliphatic carbocycles. The Balaban J connectivity index is 1.93. The van der Waals surface area contributed by atoms with Gasteiger partial charge in [-0.1, -0.05) is 0 Å². The van der Waals surface area contributed by atoms with Crippen molar-refractivity contribution in [2.24, 2.45) is 0 Å². The minimum absolute atomic E-state index is 0.259. The third-order valence-corrected chi connectivity index (χ3v) is 5.56. The number of nitrogens with one attached hydrogen (secondary N) is 1. The summed E-state index contributed by atoms with van der Waals surface area (Å²) in [5, 5.41) is 0. The topological polar surface area (TPSA) is 67.9 Å². The van der Waals surface area contributed by atoms with E-state index in [2.05, 4.69) is 32.2 Å². The van der Waals surface area contributed by atoms with Crippen LogP contribution in [-0.4, -0.2) is 59.8 Å². The zero-order valence-electron chi connectivity index (χ0n) is 11.8. The van der Waals surface area contributed by atoms with Crippen LogP contribution in [0.5, 0.6) is 5.75 Å². The summed E-state index contributed by atoms with van der Waals surface area (Å²) < 4.78 is 38.2. The molecular formula is C13H19IN2O4S. The van der Waals surface area contributed by atoms with Gasteiger partial charge in [-0.2, -0.15) is 0 Å². The Labute approximate surface area is 139 Å². The number of morpholine rings is 1. The van der Waals surface area contributed by atoms with Crippen LogP contribution in [0, 0.1) is 3.57 Å². The van der Waals surface area contributed by atoms with Crippen LogP contribution in [0.15, 0.2) is 23.1 Å². The molecule has 1 aliphatic rings. The molecule has 0 bridgehead atoms. The van der Waals surface area contributed by atoms with E-state index in [0.29, 0.717) is 32.1 Å². The molecule has 1 aromatic carbocycles. The van der Waals surface area contributed by atoms with Crippen LogP contribution in [0.4, 0.5) is 0 Å². The smallest absolute Gasteiger partial charge is 0.240 e. The molecular weight excluding hydrogens is 407 g/mol. The number of nitrogens with zero attached hydrogens (tertiary/aromatic N) is 1. The van der Waals surface area contributed by atoms with E-state index in [4.69, 9.17) is 9.47 Å². The summed E-state index contributed by atoms with van der Waals surface area (Å²) in [6.45, 7) is 4.21. The third kappa shape index (κ3) is 4.78. The highest BCUT2D eigenvalue weighted by molar-refractivity contribution is 14.1. The van der Waals surface area contributed by atoms with E-state index >= 15 is 0 Å². The molecule has 8 heteroatoms.